The molecular formula is C11H18N2O3. The number of hydrogen-bond donors (Lipinski definition) is 2. The molecule has 0 aliphatic carbocycles. The van der Waals surface area contributed by atoms with E-state index in [1.54, 1.807) is 6.08 Å². The molecule has 1 fully saturated rings. The Hall–Kier alpha value is -1.36. The van der Waals surface area contributed by atoms with Crippen molar-refractivity contribution in [2.75, 3.05) is 26.2 Å². The van der Waals surface area contributed by atoms with Crippen molar-refractivity contribution in [1.82, 2.24) is 10.2 Å². The normalized spacial score (nSPS) is 19.1. The van der Waals surface area contributed by atoms with Gasteiger partial charge in [-0.3, -0.25) is 9.69 Å². The van der Waals surface area contributed by atoms with Crippen LogP contribution in [0.3, 0.4) is 0 Å². The van der Waals surface area contributed by atoms with Crippen LogP contribution in [-0.4, -0.2) is 48.1 Å². The first-order chi connectivity index (χ1) is 7.63. The lowest BCUT2D eigenvalue weighted by atomic mass is 10.2. The monoisotopic (exact) mass is 226 g/mol. The van der Waals surface area contributed by atoms with Gasteiger partial charge in [0.2, 0.25) is 5.91 Å². The second kappa shape index (κ2) is 6.27. The molecule has 0 saturated carbocycles. The third-order valence-electron chi connectivity index (χ3n) is 2.66. The summed E-state index contributed by atoms with van der Waals surface area (Å²) in [5, 5.41) is 11.6. The van der Waals surface area contributed by atoms with Crippen LogP contribution in [0.5, 0.6) is 0 Å². The molecule has 0 aromatic rings. The molecule has 1 rings (SSSR count). The van der Waals surface area contributed by atoms with Gasteiger partial charge >= 0.3 is 5.97 Å². The smallest absolute Gasteiger partial charge is 0.331 e. The SMILES string of the molecule is CCC(=CCN1CCNC(=O)CC1)C(=O)O. The highest BCUT2D eigenvalue weighted by Gasteiger charge is 2.12. The van der Waals surface area contributed by atoms with E-state index in [4.69, 9.17) is 5.11 Å². The number of carboxylic acids is 1. The Bertz CT molecular complexity index is 300. The summed E-state index contributed by atoms with van der Waals surface area (Å²) >= 11 is 0. The summed E-state index contributed by atoms with van der Waals surface area (Å²) in [6.45, 7) is 4.54. The van der Waals surface area contributed by atoms with Gasteiger partial charge in [-0.15, -0.1) is 0 Å². The molecule has 1 heterocycles. The van der Waals surface area contributed by atoms with Crippen molar-refractivity contribution in [2.24, 2.45) is 0 Å². The number of carboxylic acid groups (broad SMARTS) is 1. The van der Waals surface area contributed by atoms with Crippen LogP contribution in [0.1, 0.15) is 19.8 Å². The molecule has 1 amide bonds. The highest BCUT2D eigenvalue weighted by molar-refractivity contribution is 5.86. The number of hydrogen-bond acceptors (Lipinski definition) is 3. The summed E-state index contributed by atoms with van der Waals surface area (Å²) in [4.78, 5) is 23.9. The van der Waals surface area contributed by atoms with Crippen LogP contribution in [0.4, 0.5) is 0 Å². The number of carbonyl (C=O) groups excluding carboxylic acids is 1. The predicted molar refractivity (Wildman–Crippen MR) is 60.1 cm³/mol. The van der Waals surface area contributed by atoms with E-state index >= 15 is 0 Å². The van der Waals surface area contributed by atoms with Crippen LogP contribution in [0.25, 0.3) is 0 Å². The molecule has 1 aliphatic heterocycles. The zero-order valence-electron chi connectivity index (χ0n) is 9.53. The van der Waals surface area contributed by atoms with Crippen molar-refractivity contribution in [3.63, 3.8) is 0 Å². The summed E-state index contributed by atoms with van der Waals surface area (Å²) < 4.78 is 0. The molecule has 0 radical (unpaired) electrons. The number of rotatable bonds is 4. The minimum Gasteiger partial charge on any atom is -0.478 e. The Morgan fingerprint density at radius 2 is 2.31 bits per heavy atom. The molecule has 1 saturated heterocycles. The van der Waals surface area contributed by atoms with Gasteiger partial charge in [0.25, 0.3) is 0 Å². The van der Waals surface area contributed by atoms with Gasteiger partial charge in [0.1, 0.15) is 0 Å². The first-order valence-corrected chi connectivity index (χ1v) is 5.55. The van der Waals surface area contributed by atoms with Gasteiger partial charge in [0.15, 0.2) is 0 Å². The molecule has 5 heteroatoms. The third kappa shape index (κ3) is 4.02. The van der Waals surface area contributed by atoms with Crippen molar-refractivity contribution in [3.05, 3.63) is 11.6 Å². The Balaban J connectivity index is 2.47. The van der Waals surface area contributed by atoms with E-state index in [0.29, 0.717) is 38.0 Å². The van der Waals surface area contributed by atoms with E-state index in [2.05, 4.69) is 10.2 Å². The fraction of sp³-hybridized carbons (Fsp3) is 0.636. The lowest BCUT2D eigenvalue weighted by Gasteiger charge is -2.16. The average Bonchev–Trinajstić information content (AvgIpc) is 2.44. The van der Waals surface area contributed by atoms with Crippen LogP contribution in [0, 0.1) is 0 Å². The minimum absolute atomic E-state index is 0.0698. The fourth-order valence-electron chi connectivity index (χ4n) is 1.62. The maximum atomic E-state index is 11.1. The van der Waals surface area contributed by atoms with Crippen LogP contribution in [-0.2, 0) is 9.59 Å². The van der Waals surface area contributed by atoms with E-state index < -0.39 is 5.97 Å². The zero-order valence-corrected chi connectivity index (χ0v) is 9.53. The molecule has 2 N–H and O–H groups in total. The summed E-state index contributed by atoms with van der Waals surface area (Å²) in [5.41, 5.74) is 0.434. The summed E-state index contributed by atoms with van der Waals surface area (Å²) in [6.07, 6.45) is 2.75. The molecule has 16 heavy (non-hydrogen) atoms. The van der Waals surface area contributed by atoms with Crippen molar-refractivity contribution in [1.29, 1.82) is 0 Å². The van der Waals surface area contributed by atoms with Gasteiger partial charge in [-0.2, -0.15) is 0 Å². The Labute approximate surface area is 95.1 Å². The largest absolute Gasteiger partial charge is 0.478 e. The molecule has 0 spiro atoms. The molecular weight excluding hydrogens is 208 g/mol. The van der Waals surface area contributed by atoms with Crippen molar-refractivity contribution < 1.29 is 14.7 Å². The highest BCUT2D eigenvalue weighted by Crippen LogP contribution is 2.03. The number of aliphatic carboxylic acids is 1. The molecule has 0 bridgehead atoms. The molecule has 1 aliphatic rings. The predicted octanol–water partition coefficient (Wildman–Crippen LogP) is 0.229. The molecule has 0 unspecified atom stereocenters. The Morgan fingerprint density at radius 3 is 2.94 bits per heavy atom. The van der Waals surface area contributed by atoms with Crippen LogP contribution >= 0.6 is 0 Å². The van der Waals surface area contributed by atoms with Gasteiger partial charge in [0, 0.05) is 38.2 Å². The number of carbonyl (C=O) groups is 2. The summed E-state index contributed by atoms with van der Waals surface area (Å²) in [6, 6.07) is 0. The van der Waals surface area contributed by atoms with Gasteiger partial charge < -0.3 is 10.4 Å². The number of nitrogens with one attached hydrogen (secondary N) is 1. The van der Waals surface area contributed by atoms with Crippen LogP contribution in [0.2, 0.25) is 0 Å². The quantitative estimate of drug-likeness (QED) is 0.673. The van der Waals surface area contributed by atoms with Gasteiger partial charge in [-0.1, -0.05) is 13.0 Å². The van der Waals surface area contributed by atoms with Crippen LogP contribution < -0.4 is 5.32 Å². The topological polar surface area (TPSA) is 69.6 Å². The maximum absolute atomic E-state index is 11.1. The number of amides is 1. The van der Waals surface area contributed by atoms with Crippen molar-refractivity contribution in [3.8, 4) is 0 Å². The third-order valence-corrected chi connectivity index (χ3v) is 2.66. The number of nitrogens with zero attached hydrogens (tertiary/aromatic N) is 1. The Morgan fingerprint density at radius 1 is 1.56 bits per heavy atom. The summed E-state index contributed by atoms with van der Waals surface area (Å²) in [7, 11) is 0. The zero-order chi connectivity index (χ0) is 12.0. The molecule has 0 aromatic heterocycles. The van der Waals surface area contributed by atoms with E-state index in [9.17, 15) is 9.59 Å². The minimum atomic E-state index is -0.855. The van der Waals surface area contributed by atoms with E-state index in [0.717, 1.165) is 6.54 Å². The second-order valence-electron chi connectivity index (χ2n) is 3.79. The van der Waals surface area contributed by atoms with E-state index in [1.807, 2.05) is 6.92 Å². The molecule has 90 valence electrons. The first kappa shape index (κ1) is 12.7. The first-order valence-electron chi connectivity index (χ1n) is 5.55. The van der Waals surface area contributed by atoms with E-state index in [-0.39, 0.29) is 5.91 Å². The van der Waals surface area contributed by atoms with Gasteiger partial charge in [0.05, 0.1) is 0 Å². The van der Waals surface area contributed by atoms with Gasteiger partial charge in [-0.25, -0.2) is 4.79 Å². The van der Waals surface area contributed by atoms with Crippen LogP contribution in [0.15, 0.2) is 11.6 Å². The van der Waals surface area contributed by atoms with Crippen molar-refractivity contribution in [2.45, 2.75) is 19.8 Å². The lowest BCUT2D eigenvalue weighted by molar-refractivity contribution is -0.132. The van der Waals surface area contributed by atoms with E-state index in [1.165, 1.54) is 0 Å². The standard InChI is InChI=1S/C11H18N2O3/c1-2-9(11(15)16)3-6-13-7-4-10(14)12-5-8-13/h3H,2,4-8H2,1H3,(H,12,14)(H,15,16). The molecule has 0 atom stereocenters. The molecule has 5 nitrogen and oxygen atoms in total. The maximum Gasteiger partial charge on any atom is 0.331 e. The van der Waals surface area contributed by atoms with Crippen molar-refractivity contribution >= 4 is 11.9 Å². The molecule has 0 aromatic carbocycles. The fourth-order valence-corrected chi connectivity index (χ4v) is 1.62. The highest BCUT2D eigenvalue weighted by atomic mass is 16.4. The Kier molecular flexibility index (Phi) is 4.98. The average molecular weight is 226 g/mol. The summed E-state index contributed by atoms with van der Waals surface area (Å²) in [5.74, 6) is -0.785. The lowest BCUT2D eigenvalue weighted by Crippen LogP contribution is -2.29. The second-order valence-corrected chi connectivity index (χ2v) is 3.79. The van der Waals surface area contributed by atoms with Gasteiger partial charge in [-0.05, 0) is 6.42 Å².